The molecule has 0 saturated heterocycles. The quantitative estimate of drug-likeness (QED) is 0.772. The van der Waals surface area contributed by atoms with Crippen LogP contribution < -0.4 is 0 Å². The average molecular weight is 236 g/mol. The van der Waals surface area contributed by atoms with E-state index in [1.54, 1.807) is 6.92 Å². The van der Waals surface area contributed by atoms with E-state index in [4.69, 9.17) is 4.74 Å². The fourth-order valence-electron chi connectivity index (χ4n) is 1.82. The number of carbonyl (C=O) groups is 1. The number of aliphatic hydroxyl groups excluding tert-OH is 1. The van der Waals surface area contributed by atoms with Crippen LogP contribution in [0.4, 0.5) is 0 Å². The van der Waals surface area contributed by atoms with Gasteiger partial charge in [-0.25, -0.2) is 0 Å². The first-order chi connectivity index (χ1) is 8.19. The van der Waals surface area contributed by atoms with Crippen molar-refractivity contribution in [3.8, 4) is 0 Å². The zero-order chi connectivity index (χ0) is 12.7. The summed E-state index contributed by atoms with van der Waals surface area (Å²) >= 11 is 0. The summed E-state index contributed by atoms with van der Waals surface area (Å²) in [6.07, 6.45) is 0.964. The lowest BCUT2D eigenvalue weighted by Crippen LogP contribution is -2.08. The van der Waals surface area contributed by atoms with Crippen LogP contribution in [0.5, 0.6) is 0 Å². The largest absolute Gasteiger partial charge is 0.466 e. The molecule has 0 aliphatic heterocycles. The van der Waals surface area contributed by atoms with E-state index in [9.17, 15) is 9.90 Å². The zero-order valence-corrected chi connectivity index (χ0v) is 10.5. The highest BCUT2D eigenvalue weighted by Gasteiger charge is 2.13. The zero-order valence-electron chi connectivity index (χ0n) is 10.5. The Morgan fingerprint density at radius 3 is 2.71 bits per heavy atom. The Hall–Kier alpha value is -1.35. The minimum Gasteiger partial charge on any atom is -0.466 e. The maximum Gasteiger partial charge on any atom is 0.305 e. The fourth-order valence-corrected chi connectivity index (χ4v) is 1.82. The predicted molar refractivity (Wildman–Crippen MR) is 66.6 cm³/mol. The van der Waals surface area contributed by atoms with Gasteiger partial charge in [0.25, 0.3) is 0 Å². The van der Waals surface area contributed by atoms with Gasteiger partial charge >= 0.3 is 5.97 Å². The van der Waals surface area contributed by atoms with Crippen LogP contribution in [0.2, 0.25) is 0 Å². The molecule has 1 unspecified atom stereocenters. The molecule has 0 bridgehead atoms. The van der Waals surface area contributed by atoms with Crippen LogP contribution in [-0.4, -0.2) is 17.7 Å². The first kappa shape index (κ1) is 13.7. The van der Waals surface area contributed by atoms with Gasteiger partial charge in [-0.3, -0.25) is 4.79 Å². The summed E-state index contributed by atoms with van der Waals surface area (Å²) in [7, 11) is 0. The van der Waals surface area contributed by atoms with E-state index in [2.05, 4.69) is 6.92 Å². The van der Waals surface area contributed by atoms with Gasteiger partial charge in [0.15, 0.2) is 0 Å². The van der Waals surface area contributed by atoms with Crippen LogP contribution in [0.1, 0.15) is 43.9 Å². The van der Waals surface area contributed by atoms with Crippen LogP contribution in [0.25, 0.3) is 0 Å². The summed E-state index contributed by atoms with van der Waals surface area (Å²) in [5, 5.41) is 10.0. The van der Waals surface area contributed by atoms with Crippen molar-refractivity contribution in [2.45, 2.75) is 39.2 Å². The van der Waals surface area contributed by atoms with E-state index in [0.29, 0.717) is 13.0 Å². The Kier molecular flexibility index (Phi) is 5.70. The third-order valence-corrected chi connectivity index (χ3v) is 2.72. The Labute approximate surface area is 102 Å². The molecule has 0 radical (unpaired) electrons. The summed E-state index contributed by atoms with van der Waals surface area (Å²) in [6.45, 7) is 4.22. The van der Waals surface area contributed by atoms with Crippen LogP contribution >= 0.6 is 0 Å². The van der Waals surface area contributed by atoms with Crippen LogP contribution in [-0.2, 0) is 16.0 Å². The van der Waals surface area contributed by atoms with Crippen LogP contribution in [0.15, 0.2) is 24.3 Å². The number of hydrogen-bond acceptors (Lipinski definition) is 3. The summed E-state index contributed by atoms with van der Waals surface area (Å²) in [6, 6.07) is 7.78. The summed E-state index contributed by atoms with van der Waals surface area (Å²) in [5.74, 6) is -0.250. The first-order valence-corrected chi connectivity index (χ1v) is 6.10. The molecule has 1 atom stereocenters. The normalized spacial score (nSPS) is 12.2. The van der Waals surface area contributed by atoms with E-state index in [0.717, 1.165) is 17.5 Å². The van der Waals surface area contributed by atoms with E-state index in [1.807, 2.05) is 24.3 Å². The van der Waals surface area contributed by atoms with Crippen molar-refractivity contribution in [2.24, 2.45) is 0 Å². The van der Waals surface area contributed by atoms with E-state index in [1.165, 1.54) is 0 Å². The second-order valence-corrected chi connectivity index (χ2v) is 3.91. The summed E-state index contributed by atoms with van der Waals surface area (Å²) in [4.78, 5) is 11.2. The van der Waals surface area contributed by atoms with Crippen LogP contribution in [0.3, 0.4) is 0 Å². The topological polar surface area (TPSA) is 46.5 Å². The molecule has 0 amide bonds. The Balaban J connectivity index is 2.57. The predicted octanol–water partition coefficient (Wildman–Crippen LogP) is 2.63. The van der Waals surface area contributed by atoms with Crippen molar-refractivity contribution in [3.05, 3.63) is 35.4 Å². The Morgan fingerprint density at radius 2 is 2.06 bits per heavy atom. The lowest BCUT2D eigenvalue weighted by atomic mass is 9.98. The molecule has 0 aliphatic carbocycles. The number of aliphatic hydroxyl groups is 1. The van der Waals surface area contributed by atoms with E-state index < -0.39 is 6.10 Å². The minimum absolute atomic E-state index is 0.250. The average Bonchev–Trinajstić information content (AvgIpc) is 2.36. The van der Waals surface area contributed by atoms with Gasteiger partial charge in [-0.1, -0.05) is 31.2 Å². The maximum atomic E-state index is 11.2. The summed E-state index contributed by atoms with van der Waals surface area (Å²) < 4.78 is 4.83. The van der Waals surface area contributed by atoms with Gasteiger partial charge < -0.3 is 9.84 Å². The van der Waals surface area contributed by atoms with E-state index in [-0.39, 0.29) is 12.4 Å². The van der Waals surface area contributed by atoms with E-state index >= 15 is 0 Å². The molecule has 0 aromatic heterocycles. The molecule has 1 aromatic rings. The van der Waals surface area contributed by atoms with Crippen molar-refractivity contribution >= 4 is 5.97 Å². The minimum atomic E-state index is -0.587. The highest BCUT2D eigenvalue weighted by Crippen LogP contribution is 2.22. The smallest absolute Gasteiger partial charge is 0.305 e. The molecule has 3 nitrogen and oxygen atoms in total. The fraction of sp³-hybridized carbons (Fsp3) is 0.500. The molecular weight excluding hydrogens is 216 g/mol. The van der Waals surface area contributed by atoms with Crippen molar-refractivity contribution in [3.63, 3.8) is 0 Å². The molecule has 94 valence electrons. The molecule has 1 rings (SSSR count). The highest BCUT2D eigenvalue weighted by molar-refractivity contribution is 5.69. The van der Waals surface area contributed by atoms with Crippen molar-refractivity contribution in [1.82, 2.24) is 0 Å². The molecule has 0 spiro atoms. The molecule has 0 saturated carbocycles. The van der Waals surface area contributed by atoms with Crippen molar-refractivity contribution in [1.29, 1.82) is 0 Å². The van der Waals surface area contributed by atoms with Gasteiger partial charge in [0, 0.05) is 6.42 Å². The number of benzene rings is 1. The number of esters is 1. The van der Waals surface area contributed by atoms with Gasteiger partial charge in [0.1, 0.15) is 0 Å². The summed E-state index contributed by atoms with van der Waals surface area (Å²) in [5.41, 5.74) is 2.04. The van der Waals surface area contributed by atoms with Gasteiger partial charge in [0.2, 0.25) is 0 Å². The van der Waals surface area contributed by atoms with Gasteiger partial charge in [0.05, 0.1) is 12.7 Å². The van der Waals surface area contributed by atoms with Gasteiger partial charge in [-0.15, -0.1) is 0 Å². The Bertz CT molecular complexity index is 360. The third kappa shape index (κ3) is 4.19. The van der Waals surface area contributed by atoms with Gasteiger partial charge in [-0.05, 0) is 30.9 Å². The molecule has 1 N–H and O–H groups in total. The SMILES string of the molecule is CCOC(=O)CCC(O)c1ccccc1CC. The molecule has 17 heavy (non-hydrogen) atoms. The third-order valence-electron chi connectivity index (χ3n) is 2.72. The number of ether oxygens (including phenoxy) is 1. The first-order valence-electron chi connectivity index (χ1n) is 6.10. The van der Waals surface area contributed by atoms with Crippen molar-refractivity contribution < 1.29 is 14.6 Å². The lowest BCUT2D eigenvalue weighted by Gasteiger charge is -2.14. The van der Waals surface area contributed by atoms with Gasteiger partial charge in [-0.2, -0.15) is 0 Å². The molecular formula is C14H20O3. The monoisotopic (exact) mass is 236 g/mol. The van der Waals surface area contributed by atoms with Crippen LogP contribution in [0, 0.1) is 0 Å². The second kappa shape index (κ2) is 7.07. The molecule has 0 fully saturated rings. The molecule has 1 aromatic carbocycles. The van der Waals surface area contributed by atoms with Crippen molar-refractivity contribution in [2.75, 3.05) is 6.61 Å². The number of hydrogen-bond donors (Lipinski definition) is 1. The lowest BCUT2D eigenvalue weighted by molar-refractivity contribution is -0.143. The Morgan fingerprint density at radius 1 is 1.35 bits per heavy atom. The maximum absolute atomic E-state index is 11.2. The highest BCUT2D eigenvalue weighted by atomic mass is 16.5. The standard InChI is InChI=1S/C14H20O3/c1-3-11-7-5-6-8-12(11)13(15)9-10-14(16)17-4-2/h5-8,13,15H,3-4,9-10H2,1-2H3. The molecule has 0 aliphatic rings. The molecule has 0 heterocycles. The number of aryl methyl sites for hydroxylation is 1. The number of rotatable bonds is 6. The second-order valence-electron chi connectivity index (χ2n) is 3.91. The molecule has 3 heteroatoms. The number of carbonyl (C=O) groups excluding carboxylic acids is 1.